The number of carbonyl (C=O) groups is 2. The highest BCUT2D eigenvalue weighted by Crippen LogP contribution is 3.02. The molecule has 1 aromatic carbocycles. The molecule has 208 valence electrons. The van der Waals surface area contributed by atoms with Gasteiger partial charge < -0.3 is 9.47 Å². The van der Waals surface area contributed by atoms with Crippen LogP contribution < -0.4 is 5.32 Å². The molecule has 0 spiro atoms. The Hall–Kier alpha value is -3.68. The van der Waals surface area contributed by atoms with Crippen LogP contribution in [-0.2, 0) is 26.3 Å². The standard InChI is InChI=1S/C21H15Cl2F5N6O4S/c1-37-19(35)21(2-3-21)16-15(6-29)33-34(18(16)32-20(36)38-9-11-7-30-10-31-8-11)17-13(22)4-12(5-14(17)23)39(24,25,26,27)28/h4-5,7-8,10H,2-3,9H2,1H3,(H,32,36). The molecular formula is C21H15Cl2F5N6O4S. The SMILES string of the molecule is COC(=O)C1(c2c(C#N)nn(-c3c(Cl)cc(S(F)(F)(F)(F)F)cc3Cl)c2NC(=O)OCc2cncnc2)CC1. The first kappa shape index (κ1) is 28.3. The quantitative estimate of drug-likeness (QED) is 0.238. The monoisotopic (exact) mass is 612 g/mol. The number of nitrogens with one attached hydrogen (secondary N) is 1. The lowest BCUT2D eigenvalue weighted by Gasteiger charge is -2.40. The van der Waals surface area contributed by atoms with Gasteiger partial charge >= 0.3 is 22.3 Å². The van der Waals surface area contributed by atoms with E-state index in [1.165, 1.54) is 18.7 Å². The highest BCUT2D eigenvalue weighted by molar-refractivity contribution is 8.45. The van der Waals surface area contributed by atoms with Crippen LogP contribution >= 0.6 is 33.4 Å². The van der Waals surface area contributed by atoms with Crippen LogP contribution in [0.2, 0.25) is 10.0 Å². The molecule has 1 aliphatic carbocycles. The number of hydrogen-bond donors (Lipinski definition) is 1. The molecule has 18 heteroatoms. The first-order valence-electron chi connectivity index (χ1n) is 10.5. The average Bonchev–Trinajstić information content (AvgIpc) is 3.58. The van der Waals surface area contributed by atoms with Gasteiger partial charge in [0.15, 0.2) is 5.69 Å². The van der Waals surface area contributed by atoms with Crippen molar-refractivity contribution in [3.05, 3.63) is 57.7 Å². The van der Waals surface area contributed by atoms with Crippen LogP contribution in [-0.4, -0.2) is 38.9 Å². The van der Waals surface area contributed by atoms with E-state index in [1.54, 1.807) is 6.07 Å². The summed E-state index contributed by atoms with van der Waals surface area (Å²) in [5.74, 6) is -1.21. The summed E-state index contributed by atoms with van der Waals surface area (Å²) < 4.78 is 77.7. The fourth-order valence-electron chi connectivity index (χ4n) is 3.76. The van der Waals surface area contributed by atoms with Crippen LogP contribution in [0.4, 0.5) is 30.0 Å². The van der Waals surface area contributed by atoms with Gasteiger partial charge in [0.05, 0.1) is 28.1 Å². The smallest absolute Gasteiger partial charge is 0.413 e. The molecule has 10 nitrogen and oxygen atoms in total. The summed E-state index contributed by atoms with van der Waals surface area (Å²) in [7, 11) is -9.10. The summed E-state index contributed by atoms with van der Waals surface area (Å²) in [5.41, 5.74) is -2.23. The van der Waals surface area contributed by atoms with E-state index in [2.05, 4.69) is 20.4 Å². The Morgan fingerprint density at radius 3 is 2.23 bits per heavy atom. The number of rotatable bonds is 7. The van der Waals surface area contributed by atoms with Crippen LogP contribution in [0.1, 0.15) is 29.7 Å². The Balaban J connectivity index is 1.87. The molecule has 0 bridgehead atoms. The first-order chi connectivity index (χ1) is 18.0. The number of aromatic nitrogens is 4. The van der Waals surface area contributed by atoms with Crippen molar-refractivity contribution in [1.29, 1.82) is 5.26 Å². The fourth-order valence-corrected chi connectivity index (χ4v) is 5.21. The van der Waals surface area contributed by atoms with Gasteiger partial charge in [0.2, 0.25) is 0 Å². The Morgan fingerprint density at radius 1 is 1.15 bits per heavy atom. The van der Waals surface area contributed by atoms with Crippen molar-refractivity contribution in [2.45, 2.75) is 29.8 Å². The summed E-state index contributed by atoms with van der Waals surface area (Å²) in [4.78, 5) is 30.5. The van der Waals surface area contributed by atoms with Crippen molar-refractivity contribution >= 4 is 51.3 Å². The lowest BCUT2D eigenvalue weighted by atomic mass is 9.95. The number of benzene rings is 1. The van der Waals surface area contributed by atoms with Gasteiger partial charge in [0, 0.05) is 18.0 Å². The van der Waals surface area contributed by atoms with E-state index in [0.29, 0.717) is 10.2 Å². The summed E-state index contributed by atoms with van der Waals surface area (Å²) >= 11 is 12.0. The molecule has 39 heavy (non-hydrogen) atoms. The summed E-state index contributed by atoms with van der Waals surface area (Å²) in [5, 5.41) is 14.1. The molecule has 2 aromatic heterocycles. The number of ether oxygens (including phenoxy) is 2. The van der Waals surface area contributed by atoms with Gasteiger partial charge in [-0.15, -0.1) is 0 Å². The number of halogens is 7. The van der Waals surface area contributed by atoms with Gasteiger partial charge in [-0.25, -0.2) is 19.4 Å². The summed E-state index contributed by atoms with van der Waals surface area (Å²) in [6.07, 6.45) is 3.14. The molecule has 0 saturated heterocycles. The Kier molecular flexibility index (Phi) is 6.49. The molecule has 0 aliphatic heterocycles. The largest absolute Gasteiger partial charge is 0.468 e. The van der Waals surface area contributed by atoms with Crippen LogP contribution in [0.25, 0.3) is 5.69 Å². The highest BCUT2D eigenvalue weighted by Gasteiger charge is 2.66. The van der Waals surface area contributed by atoms with Crippen LogP contribution in [0.5, 0.6) is 0 Å². The van der Waals surface area contributed by atoms with Crippen molar-refractivity contribution in [2.75, 3.05) is 12.4 Å². The average molecular weight is 613 g/mol. The molecule has 0 atom stereocenters. The van der Waals surface area contributed by atoms with E-state index >= 15 is 0 Å². The van der Waals surface area contributed by atoms with Crippen LogP contribution in [0.3, 0.4) is 0 Å². The zero-order valence-corrected chi connectivity index (χ0v) is 21.8. The maximum absolute atomic E-state index is 13.4. The number of esters is 1. The maximum atomic E-state index is 13.4. The molecule has 2 heterocycles. The predicted octanol–water partition coefficient (Wildman–Crippen LogP) is 6.45. The molecule has 1 N–H and O–H groups in total. The minimum Gasteiger partial charge on any atom is -0.468 e. The number of hydrogen-bond acceptors (Lipinski definition) is 8. The Morgan fingerprint density at radius 2 is 1.74 bits per heavy atom. The third kappa shape index (κ3) is 5.56. The number of methoxy groups -OCH3 is 1. The van der Waals surface area contributed by atoms with Gasteiger partial charge in [-0.05, 0) is 25.0 Å². The molecule has 0 radical (unpaired) electrons. The van der Waals surface area contributed by atoms with Crippen molar-refractivity contribution in [1.82, 2.24) is 19.7 Å². The van der Waals surface area contributed by atoms with E-state index in [1.807, 2.05) is 0 Å². The third-order valence-corrected chi connectivity index (χ3v) is 7.35. The number of nitriles is 1. The van der Waals surface area contributed by atoms with Crippen molar-refractivity contribution in [3.8, 4) is 11.8 Å². The zero-order chi connectivity index (χ0) is 28.9. The minimum absolute atomic E-state index is 0.0531. The molecular weight excluding hydrogens is 598 g/mol. The van der Waals surface area contributed by atoms with Gasteiger partial charge in [-0.3, -0.25) is 10.1 Å². The van der Waals surface area contributed by atoms with E-state index in [9.17, 15) is 34.3 Å². The fraction of sp³-hybridized carbons (Fsp3) is 0.238. The molecule has 0 unspecified atom stereocenters. The van der Waals surface area contributed by atoms with Gasteiger partial charge in [-0.2, -0.15) is 10.4 Å². The normalized spacial score (nSPS) is 15.9. The molecule has 1 amide bonds. The molecule has 1 fully saturated rings. The van der Waals surface area contributed by atoms with Crippen LogP contribution in [0.15, 0.2) is 35.7 Å². The zero-order valence-electron chi connectivity index (χ0n) is 19.4. The molecule has 4 rings (SSSR count). The second kappa shape index (κ2) is 8.93. The Labute approximate surface area is 226 Å². The van der Waals surface area contributed by atoms with E-state index in [-0.39, 0.29) is 37.1 Å². The van der Waals surface area contributed by atoms with E-state index in [4.69, 9.17) is 32.7 Å². The minimum atomic E-state index is -10.2. The second-order valence-corrected chi connectivity index (χ2v) is 11.5. The number of amides is 1. The summed E-state index contributed by atoms with van der Waals surface area (Å²) in [6, 6.07) is 1.63. The second-order valence-electron chi connectivity index (χ2n) is 8.32. The van der Waals surface area contributed by atoms with Gasteiger partial charge in [-0.1, -0.05) is 42.6 Å². The molecule has 1 saturated carbocycles. The predicted molar refractivity (Wildman–Crippen MR) is 128 cm³/mol. The van der Waals surface area contributed by atoms with Crippen molar-refractivity contribution in [3.63, 3.8) is 0 Å². The van der Waals surface area contributed by atoms with Crippen molar-refractivity contribution in [2.24, 2.45) is 0 Å². The topological polar surface area (TPSA) is 132 Å². The van der Waals surface area contributed by atoms with Gasteiger partial charge in [0.1, 0.15) is 35.4 Å². The number of carbonyl (C=O) groups excluding carboxylic acids is 2. The summed E-state index contributed by atoms with van der Waals surface area (Å²) in [6.45, 7) is -0.316. The third-order valence-electron chi connectivity index (χ3n) is 5.65. The van der Waals surface area contributed by atoms with Crippen LogP contribution in [0, 0.1) is 11.3 Å². The highest BCUT2D eigenvalue weighted by atomic mass is 35.5. The van der Waals surface area contributed by atoms with E-state index in [0.717, 1.165) is 7.11 Å². The number of nitrogens with zero attached hydrogens (tertiary/aromatic N) is 5. The maximum Gasteiger partial charge on any atom is 0.413 e. The lowest BCUT2D eigenvalue weighted by molar-refractivity contribution is -0.143. The molecule has 3 aromatic rings. The first-order valence-corrected chi connectivity index (χ1v) is 13.2. The lowest BCUT2D eigenvalue weighted by Crippen LogP contribution is -2.25. The van der Waals surface area contributed by atoms with Crippen molar-refractivity contribution < 1.29 is 38.5 Å². The number of anilines is 1. The molecule has 1 aliphatic rings. The van der Waals surface area contributed by atoms with Gasteiger partial charge in [0.25, 0.3) is 0 Å². The van der Waals surface area contributed by atoms with E-state index < -0.39 is 59.8 Å². The Bertz CT molecular complexity index is 1520.